The number of halogens is 1. The van der Waals surface area contributed by atoms with Crippen molar-refractivity contribution in [3.63, 3.8) is 0 Å². The Morgan fingerprint density at radius 3 is 2.71 bits per heavy atom. The van der Waals surface area contributed by atoms with Gasteiger partial charge < -0.3 is 15.4 Å². The van der Waals surface area contributed by atoms with Crippen LogP contribution >= 0.6 is 0 Å². The van der Waals surface area contributed by atoms with Gasteiger partial charge in [0.1, 0.15) is 11.9 Å². The monoisotopic (exact) mass is 237 g/mol. The third-order valence-corrected chi connectivity index (χ3v) is 2.27. The molecule has 5 nitrogen and oxygen atoms in total. The first kappa shape index (κ1) is 11.7. The summed E-state index contributed by atoms with van der Waals surface area (Å²) in [6.07, 6.45) is 0.432. The smallest absolute Gasteiger partial charge is 0.245 e. The molecule has 0 aliphatic rings. The van der Waals surface area contributed by atoms with Crippen LogP contribution in [0.5, 0.6) is 0 Å². The van der Waals surface area contributed by atoms with E-state index in [4.69, 9.17) is 15.4 Å². The molecular formula is C11H12FN3O2. The molecular weight excluding hydrogens is 225 g/mol. The van der Waals surface area contributed by atoms with Crippen LogP contribution in [-0.4, -0.2) is 21.9 Å². The van der Waals surface area contributed by atoms with Gasteiger partial charge in [0, 0.05) is 6.42 Å². The van der Waals surface area contributed by atoms with Crippen LogP contribution in [0.25, 0.3) is 0 Å². The van der Waals surface area contributed by atoms with E-state index in [2.05, 4.69) is 10.1 Å². The summed E-state index contributed by atoms with van der Waals surface area (Å²) < 4.78 is 17.6. The maximum atomic E-state index is 12.7. The summed E-state index contributed by atoms with van der Waals surface area (Å²) in [7, 11) is 0. The van der Waals surface area contributed by atoms with Gasteiger partial charge >= 0.3 is 0 Å². The number of hydrogen-bond acceptors (Lipinski definition) is 5. The van der Waals surface area contributed by atoms with E-state index in [1.807, 2.05) is 0 Å². The molecule has 2 aromatic rings. The molecule has 0 aliphatic heterocycles. The number of hydrogen-bond donors (Lipinski definition) is 2. The summed E-state index contributed by atoms with van der Waals surface area (Å²) in [5, 5.41) is 12.6. The van der Waals surface area contributed by atoms with Crippen LogP contribution in [0.2, 0.25) is 0 Å². The minimum atomic E-state index is -0.663. The van der Waals surface area contributed by atoms with Crippen LogP contribution in [0.4, 0.5) is 4.39 Å². The minimum Gasteiger partial charge on any atom is -0.394 e. The number of aliphatic hydroxyl groups excluding tert-OH is 1. The zero-order chi connectivity index (χ0) is 12.3. The maximum Gasteiger partial charge on any atom is 0.245 e. The van der Waals surface area contributed by atoms with Gasteiger partial charge in [-0.25, -0.2) is 4.39 Å². The van der Waals surface area contributed by atoms with Crippen LogP contribution < -0.4 is 5.73 Å². The highest BCUT2D eigenvalue weighted by atomic mass is 19.1. The van der Waals surface area contributed by atoms with Crippen molar-refractivity contribution >= 4 is 0 Å². The number of nitrogens with two attached hydrogens (primary N) is 1. The van der Waals surface area contributed by atoms with E-state index >= 15 is 0 Å². The molecule has 17 heavy (non-hydrogen) atoms. The van der Waals surface area contributed by atoms with Gasteiger partial charge in [-0.05, 0) is 17.7 Å². The molecule has 0 radical (unpaired) electrons. The molecule has 0 aliphatic carbocycles. The molecule has 0 saturated heterocycles. The lowest BCUT2D eigenvalue weighted by Crippen LogP contribution is -2.14. The summed E-state index contributed by atoms with van der Waals surface area (Å²) in [5.74, 6) is 0.366. The van der Waals surface area contributed by atoms with Crippen LogP contribution in [0.3, 0.4) is 0 Å². The molecule has 0 spiro atoms. The molecule has 0 unspecified atom stereocenters. The van der Waals surface area contributed by atoms with Crippen molar-refractivity contribution in [2.75, 3.05) is 6.61 Å². The summed E-state index contributed by atoms with van der Waals surface area (Å²) >= 11 is 0. The molecule has 3 N–H and O–H groups in total. The normalized spacial score (nSPS) is 12.6. The number of nitrogens with zero attached hydrogens (tertiary/aromatic N) is 2. The summed E-state index contributed by atoms with van der Waals surface area (Å²) in [4.78, 5) is 4.04. The predicted molar refractivity (Wildman–Crippen MR) is 57.5 cm³/mol. The maximum absolute atomic E-state index is 12.7. The molecule has 1 atom stereocenters. The van der Waals surface area contributed by atoms with Crippen LogP contribution in [0, 0.1) is 5.82 Å². The van der Waals surface area contributed by atoms with Crippen LogP contribution in [0.1, 0.15) is 23.3 Å². The van der Waals surface area contributed by atoms with Crippen molar-refractivity contribution in [2.45, 2.75) is 12.5 Å². The first-order valence-corrected chi connectivity index (χ1v) is 5.12. The van der Waals surface area contributed by atoms with Crippen molar-refractivity contribution in [3.8, 4) is 0 Å². The molecule has 90 valence electrons. The minimum absolute atomic E-state index is 0.199. The van der Waals surface area contributed by atoms with Crippen molar-refractivity contribution in [2.24, 2.45) is 5.73 Å². The van der Waals surface area contributed by atoms with Crippen LogP contribution in [-0.2, 0) is 6.42 Å². The van der Waals surface area contributed by atoms with E-state index in [-0.39, 0.29) is 18.3 Å². The van der Waals surface area contributed by atoms with Gasteiger partial charge in [0.25, 0.3) is 0 Å². The summed E-state index contributed by atoms with van der Waals surface area (Å²) in [6.45, 7) is -0.252. The van der Waals surface area contributed by atoms with E-state index in [1.54, 1.807) is 12.1 Å². The number of aromatic nitrogens is 2. The fourth-order valence-electron chi connectivity index (χ4n) is 1.35. The highest BCUT2D eigenvalue weighted by Gasteiger charge is 2.13. The van der Waals surface area contributed by atoms with Crippen molar-refractivity contribution < 1.29 is 14.0 Å². The molecule has 1 aromatic carbocycles. The fourth-order valence-corrected chi connectivity index (χ4v) is 1.35. The number of rotatable bonds is 4. The van der Waals surface area contributed by atoms with Crippen molar-refractivity contribution in [1.82, 2.24) is 10.1 Å². The molecule has 1 aromatic heterocycles. The summed E-state index contributed by atoms with van der Waals surface area (Å²) in [6, 6.07) is 5.38. The second-order valence-electron chi connectivity index (χ2n) is 3.64. The van der Waals surface area contributed by atoms with E-state index < -0.39 is 6.04 Å². The predicted octanol–water partition coefficient (Wildman–Crippen LogP) is 0.792. The highest BCUT2D eigenvalue weighted by Crippen LogP contribution is 2.11. The third kappa shape index (κ3) is 2.86. The lowest BCUT2D eigenvalue weighted by atomic mass is 10.1. The van der Waals surface area contributed by atoms with Gasteiger partial charge in [-0.1, -0.05) is 17.3 Å². The fraction of sp³-hybridized carbons (Fsp3) is 0.273. The average Bonchev–Trinajstić information content (AvgIpc) is 2.80. The van der Waals surface area contributed by atoms with Gasteiger partial charge in [0.2, 0.25) is 5.89 Å². The Labute approximate surface area is 97.1 Å². The second kappa shape index (κ2) is 5.03. The third-order valence-electron chi connectivity index (χ3n) is 2.27. The van der Waals surface area contributed by atoms with Gasteiger partial charge in [-0.2, -0.15) is 4.98 Å². The Bertz CT molecular complexity index is 484. The Balaban J connectivity index is 2.08. The summed E-state index contributed by atoms with van der Waals surface area (Å²) in [5.41, 5.74) is 6.40. The van der Waals surface area contributed by atoms with Gasteiger partial charge in [0.15, 0.2) is 5.82 Å². The lowest BCUT2D eigenvalue weighted by Gasteiger charge is -1.98. The SMILES string of the molecule is N[C@@H](CO)c1nc(Cc2ccc(F)cc2)no1. The average molecular weight is 237 g/mol. The molecule has 0 bridgehead atoms. The quantitative estimate of drug-likeness (QED) is 0.821. The van der Waals surface area contributed by atoms with Gasteiger partial charge in [-0.3, -0.25) is 0 Å². The topological polar surface area (TPSA) is 85.2 Å². The molecule has 6 heteroatoms. The van der Waals surface area contributed by atoms with E-state index in [9.17, 15) is 4.39 Å². The largest absolute Gasteiger partial charge is 0.394 e. The number of benzene rings is 1. The zero-order valence-corrected chi connectivity index (χ0v) is 9.01. The van der Waals surface area contributed by atoms with Crippen molar-refractivity contribution in [3.05, 3.63) is 47.4 Å². The van der Waals surface area contributed by atoms with Crippen molar-refractivity contribution in [1.29, 1.82) is 0 Å². The van der Waals surface area contributed by atoms with Gasteiger partial charge in [-0.15, -0.1) is 0 Å². The Kier molecular flexibility index (Phi) is 3.46. The standard InChI is InChI=1S/C11H12FN3O2/c12-8-3-1-7(2-4-8)5-10-14-11(17-15-10)9(13)6-16/h1-4,9,16H,5-6,13H2/t9-/m0/s1. The second-order valence-corrected chi connectivity index (χ2v) is 3.64. The Morgan fingerprint density at radius 2 is 2.06 bits per heavy atom. The Hall–Kier alpha value is -1.79. The lowest BCUT2D eigenvalue weighted by molar-refractivity contribution is 0.236. The molecule has 0 amide bonds. The zero-order valence-electron chi connectivity index (χ0n) is 9.01. The Morgan fingerprint density at radius 1 is 1.35 bits per heavy atom. The first-order valence-electron chi connectivity index (χ1n) is 5.12. The van der Waals surface area contributed by atoms with Gasteiger partial charge in [0.05, 0.1) is 6.61 Å². The molecule has 2 rings (SSSR count). The van der Waals surface area contributed by atoms with Crippen LogP contribution in [0.15, 0.2) is 28.8 Å². The molecule has 0 fully saturated rings. The van der Waals surface area contributed by atoms with E-state index in [1.165, 1.54) is 12.1 Å². The van der Waals surface area contributed by atoms with E-state index in [0.29, 0.717) is 12.2 Å². The van der Waals surface area contributed by atoms with E-state index in [0.717, 1.165) is 5.56 Å². The molecule has 1 heterocycles. The number of aliphatic hydroxyl groups is 1. The highest BCUT2D eigenvalue weighted by molar-refractivity contribution is 5.19. The first-order chi connectivity index (χ1) is 8.19. The molecule has 0 saturated carbocycles.